The van der Waals surface area contributed by atoms with Gasteiger partial charge in [0.15, 0.2) is 5.82 Å². The van der Waals surface area contributed by atoms with Crippen LogP contribution in [0.3, 0.4) is 0 Å². The monoisotopic (exact) mass is 316 g/mol. The first-order valence-electron chi connectivity index (χ1n) is 6.23. The number of benzene rings is 1. The second kappa shape index (κ2) is 6.76. The average Bonchev–Trinajstić information content (AvgIpc) is 2.43. The van der Waals surface area contributed by atoms with Crippen molar-refractivity contribution in [3.8, 4) is 17.3 Å². The third-order valence-corrected chi connectivity index (χ3v) is 2.75. The first-order chi connectivity index (χ1) is 9.94. The molecule has 21 heavy (non-hydrogen) atoms. The van der Waals surface area contributed by atoms with Crippen LogP contribution in [-0.2, 0) is 0 Å². The SMILES string of the molecule is FC(F)(F)CCCOc1cc(Cl)nc(-c2ccccc2)n1. The lowest BCUT2D eigenvalue weighted by Gasteiger charge is -2.09. The molecule has 3 nitrogen and oxygen atoms in total. The van der Waals surface area contributed by atoms with Gasteiger partial charge >= 0.3 is 6.18 Å². The second-order valence-corrected chi connectivity index (χ2v) is 4.67. The quantitative estimate of drug-likeness (QED) is 0.601. The summed E-state index contributed by atoms with van der Waals surface area (Å²) in [4.78, 5) is 8.20. The molecular formula is C14H12ClF3N2O. The minimum absolute atomic E-state index is 0.0823. The van der Waals surface area contributed by atoms with E-state index in [9.17, 15) is 13.2 Å². The van der Waals surface area contributed by atoms with Crippen molar-refractivity contribution >= 4 is 11.6 Å². The zero-order valence-corrected chi connectivity index (χ0v) is 11.7. The van der Waals surface area contributed by atoms with Crippen LogP contribution >= 0.6 is 11.6 Å². The summed E-state index contributed by atoms with van der Waals surface area (Å²) in [7, 11) is 0. The number of nitrogens with zero attached hydrogens (tertiary/aromatic N) is 2. The Balaban J connectivity index is 2.03. The van der Waals surface area contributed by atoms with Crippen molar-refractivity contribution in [3.63, 3.8) is 0 Å². The van der Waals surface area contributed by atoms with E-state index in [1.165, 1.54) is 6.07 Å². The Morgan fingerprint density at radius 1 is 1.10 bits per heavy atom. The van der Waals surface area contributed by atoms with Gasteiger partial charge in [-0.2, -0.15) is 18.2 Å². The van der Waals surface area contributed by atoms with Gasteiger partial charge in [-0.15, -0.1) is 0 Å². The summed E-state index contributed by atoms with van der Waals surface area (Å²) < 4.78 is 41.3. The maximum atomic E-state index is 12.0. The van der Waals surface area contributed by atoms with Crippen molar-refractivity contribution in [2.75, 3.05) is 6.61 Å². The summed E-state index contributed by atoms with van der Waals surface area (Å²) >= 11 is 5.87. The molecule has 7 heteroatoms. The van der Waals surface area contributed by atoms with Gasteiger partial charge in [-0.3, -0.25) is 0 Å². The fourth-order valence-electron chi connectivity index (χ4n) is 1.64. The summed E-state index contributed by atoms with van der Waals surface area (Å²) in [5.74, 6) is 0.532. The Morgan fingerprint density at radius 2 is 1.81 bits per heavy atom. The molecular weight excluding hydrogens is 305 g/mol. The van der Waals surface area contributed by atoms with E-state index in [1.54, 1.807) is 12.1 Å². The Morgan fingerprint density at radius 3 is 2.48 bits per heavy atom. The molecule has 0 fully saturated rings. The van der Waals surface area contributed by atoms with E-state index >= 15 is 0 Å². The molecule has 0 atom stereocenters. The number of rotatable bonds is 5. The molecule has 1 heterocycles. The van der Waals surface area contributed by atoms with Crippen LogP contribution in [0.1, 0.15) is 12.8 Å². The summed E-state index contributed by atoms with van der Waals surface area (Å²) in [5.41, 5.74) is 0.750. The Labute approximate surface area is 124 Å². The van der Waals surface area contributed by atoms with Crippen molar-refractivity contribution in [2.45, 2.75) is 19.0 Å². The fraction of sp³-hybridized carbons (Fsp3) is 0.286. The number of ether oxygens (including phenoxy) is 1. The Kier molecular flexibility index (Phi) is 5.01. The van der Waals surface area contributed by atoms with Crippen LogP contribution in [0.2, 0.25) is 5.15 Å². The molecule has 1 aromatic carbocycles. The van der Waals surface area contributed by atoms with Crippen LogP contribution in [0, 0.1) is 0 Å². The highest BCUT2D eigenvalue weighted by Gasteiger charge is 2.26. The molecule has 0 radical (unpaired) electrons. The minimum Gasteiger partial charge on any atom is -0.478 e. The van der Waals surface area contributed by atoms with E-state index in [0.29, 0.717) is 5.82 Å². The van der Waals surface area contributed by atoms with Gasteiger partial charge < -0.3 is 4.74 Å². The number of aromatic nitrogens is 2. The Hall–Kier alpha value is -1.82. The van der Waals surface area contributed by atoms with Crippen molar-refractivity contribution in [1.29, 1.82) is 0 Å². The van der Waals surface area contributed by atoms with Crippen molar-refractivity contribution in [2.24, 2.45) is 0 Å². The molecule has 0 aliphatic rings. The summed E-state index contributed by atoms with van der Waals surface area (Å²) in [6, 6.07) is 10.5. The van der Waals surface area contributed by atoms with Crippen molar-refractivity contribution in [3.05, 3.63) is 41.6 Å². The molecule has 0 saturated carbocycles. The van der Waals surface area contributed by atoms with Gasteiger partial charge in [-0.25, -0.2) is 4.98 Å². The van der Waals surface area contributed by atoms with Gasteiger partial charge in [0, 0.05) is 18.1 Å². The molecule has 0 amide bonds. The molecule has 0 aliphatic carbocycles. The van der Waals surface area contributed by atoms with Gasteiger partial charge in [-0.05, 0) is 6.42 Å². The normalized spacial score (nSPS) is 11.4. The predicted octanol–water partition coefficient (Wildman–Crippen LogP) is 4.52. The van der Waals surface area contributed by atoms with Crippen molar-refractivity contribution in [1.82, 2.24) is 9.97 Å². The van der Waals surface area contributed by atoms with Crippen LogP contribution < -0.4 is 4.74 Å². The zero-order chi connectivity index (χ0) is 15.3. The molecule has 0 N–H and O–H groups in total. The molecule has 1 aromatic heterocycles. The molecule has 112 valence electrons. The number of hydrogen-bond donors (Lipinski definition) is 0. The van der Waals surface area contributed by atoms with E-state index < -0.39 is 12.6 Å². The number of hydrogen-bond acceptors (Lipinski definition) is 3. The molecule has 2 aromatic rings. The Bertz CT molecular complexity index is 591. The third-order valence-electron chi connectivity index (χ3n) is 2.56. The fourth-order valence-corrected chi connectivity index (χ4v) is 1.81. The highest BCUT2D eigenvalue weighted by molar-refractivity contribution is 6.29. The van der Waals surface area contributed by atoms with Gasteiger partial charge in [0.25, 0.3) is 0 Å². The summed E-state index contributed by atoms with van der Waals surface area (Å²) in [5, 5.41) is 0.176. The van der Waals surface area contributed by atoms with E-state index in [4.69, 9.17) is 16.3 Å². The lowest BCUT2D eigenvalue weighted by Crippen LogP contribution is -2.10. The molecule has 0 unspecified atom stereocenters. The van der Waals surface area contributed by atoms with E-state index in [1.807, 2.05) is 18.2 Å². The standard InChI is InChI=1S/C14H12ClF3N2O/c15-11-9-12(21-8-4-7-14(16,17)18)20-13(19-11)10-5-2-1-3-6-10/h1-3,5-6,9H,4,7-8H2. The highest BCUT2D eigenvalue weighted by Crippen LogP contribution is 2.23. The predicted molar refractivity (Wildman–Crippen MR) is 73.3 cm³/mol. The van der Waals surface area contributed by atoms with Crippen molar-refractivity contribution < 1.29 is 17.9 Å². The summed E-state index contributed by atoms with van der Waals surface area (Å²) in [6.07, 6.45) is -5.20. The lowest BCUT2D eigenvalue weighted by molar-refractivity contribution is -0.136. The van der Waals surface area contributed by atoms with E-state index in [2.05, 4.69) is 9.97 Å². The molecule has 0 spiro atoms. The topological polar surface area (TPSA) is 35.0 Å². The van der Waals surface area contributed by atoms with Crippen LogP contribution in [0.4, 0.5) is 13.2 Å². The van der Waals surface area contributed by atoms with E-state index in [-0.39, 0.29) is 24.1 Å². The molecule has 0 aliphatic heterocycles. The molecule has 2 rings (SSSR count). The highest BCUT2D eigenvalue weighted by atomic mass is 35.5. The largest absolute Gasteiger partial charge is 0.478 e. The molecule has 0 bridgehead atoms. The maximum Gasteiger partial charge on any atom is 0.389 e. The first-order valence-corrected chi connectivity index (χ1v) is 6.61. The smallest absolute Gasteiger partial charge is 0.389 e. The number of halogens is 4. The van der Waals surface area contributed by atoms with Crippen LogP contribution in [0.25, 0.3) is 11.4 Å². The minimum atomic E-state index is -4.18. The maximum absolute atomic E-state index is 12.0. The lowest BCUT2D eigenvalue weighted by atomic mass is 10.2. The van der Waals surface area contributed by atoms with Crippen LogP contribution in [-0.4, -0.2) is 22.8 Å². The van der Waals surface area contributed by atoms with Gasteiger partial charge in [0.2, 0.25) is 5.88 Å². The number of alkyl halides is 3. The van der Waals surface area contributed by atoms with Gasteiger partial charge in [0.05, 0.1) is 6.61 Å². The van der Waals surface area contributed by atoms with Crippen LogP contribution in [0.15, 0.2) is 36.4 Å². The third kappa shape index (κ3) is 5.23. The van der Waals surface area contributed by atoms with Gasteiger partial charge in [-0.1, -0.05) is 41.9 Å². The van der Waals surface area contributed by atoms with Gasteiger partial charge in [0.1, 0.15) is 5.15 Å². The average molecular weight is 317 g/mol. The van der Waals surface area contributed by atoms with E-state index in [0.717, 1.165) is 5.56 Å². The molecule has 0 saturated heterocycles. The zero-order valence-electron chi connectivity index (χ0n) is 10.9. The first kappa shape index (κ1) is 15.6. The summed E-state index contributed by atoms with van der Waals surface area (Å²) in [6.45, 7) is -0.0823. The van der Waals surface area contributed by atoms with Crippen LogP contribution in [0.5, 0.6) is 5.88 Å². The second-order valence-electron chi connectivity index (χ2n) is 4.29.